The molecule has 1 N–H and O–H groups in total. The number of nitrogens with zero attached hydrogens (tertiary/aromatic N) is 2. The number of rotatable bonds is 7. The summed E-state index contributed by atoms with van der Waals surface area (Å²) in [5, 5.41) is 2.63. The number of halogens is 1. The van der Waals surface area contributed by atoms with Gasteiger partial charge in [0.1, 0.15) is 11.6 Å². The lowest BCUT2D eigenvalue weighted by Crippen LogP contribution is -2.51. The van der Waals surface area contributed by atoms with E-state index < -0.39 is 0 Å². The number of piperazine rings is 1. The van der Waals surface area contributed by atoms with Gasteiger partial charge >= 0.3 is 0 Å². The number of carbonyl (C=O) groups is 2. The van der Waals surface area contributed by atoms with Gasteiger partial charge in [-0.15, -0.1) is 0 Å². The molecule has 2 amide bonds. The van der Waals surface area contributed by atoms with Crippen molar-refractivity contribution in [3.05, 3.63) is 60.4 Å². The normalized spacial score (nSPS) is 13.9. The number of benzene rings is 2. The smallest absolute Gasteiger partial charge is 0.242 e. The van der Waals surface area contributed by atoms with Crippen LogP contribution in [0.1, 0.15) is 6.42 Å². The number of anilines is 1. The van der Waals surface area contributed by atoms with E-state index in [1.807, 2.05) is 35.2 Å². The summed E-state index contributed by atoms with van der Waals surface area (Å²) in [4.78, 5) is 27.8. The van der Waals surface area contributed by atoms with Gasteiger partial charge in [0, 0.05) is 26.2 Å². The summed E-state index contributed by atoms with van der Waals surface area (Å²) in [6, 6.07) is 15.9. The highest BCUT2D eigenvalue weighted by Crippen LogP contribution is 2.20. The van der Waals surface area contributed by atoms with Crippen LogP contribution in [-0.2, 0) is 9.59 Å². The molecule has 28 heavy (non-hydrogen) atoms. The highest BCUT2D eigenvalue weighted by atomic mass is 19.1. The fourth-order valence-electron chi connectivity index (χ4n) is 3.06. The summed E-state index contributed by atoms with van der Waals surface area (Å²) in [7, 11) is 0. The standard InChI is InChI=1S/C21H24FN3O3/c22-18-8-4-5-9-19(18)24-11-13-25(14-12-24)21(27)16-23-20(26)10-15-28-17-6-2-1-3-7-17/h1-9H,10-16H2,(H,23,26). The third kappa shape index (κ3) is 5.45. The SMILES string of the molecule is O=C(CCOc1ccccc1)NCC(=O)N1CCN(c2ccccc2F)CC1. The lowest BCUT2D eigenvalue weighted by molar-refractivity contribution is -0.133. The Morgan fingerprint density at radius 2 is 1.64 bits per heavy atom. The molecule has 1 aliphatic rings. The number of amides is 2. The van der Waals surface area contributed by atoms with Gasteiger partial charge in [0.25, 0.3) is 0 Å². The Hall–Kier alpha value is -3.09. The number of para-hydroxylation sites is 2. The molecule has 148 valence electrons. The van der Waals surface area contributed by atoms with Crippen LogP contribution < -0.4 is 15.0 Å². The molecule has 0 unspecified atom stereocenters. The van der Waals surface area contributed by atoms with Gasteiger partial charge in [-0.05, 0) is 24.3 Å². The quantitative estimate of drug-likeness (QED) is 0.793. The van der Waals surface area contributed by atoms with Gasteiger partial charge in [-0.3, -0.25) is 9.59 Å². The molecule has 1 fully saturated rings. The summed E-state index contributed by atoms with van der Waals surface area (Å²) < 4.78 is 19.3. The van der Waals surface area contributed by atoms with Crippen LogP contribution in [0.25, 0.3) is 0 Å². The maximum atomic E-state index is 13.9. The third-order valence-electron chi connectivity index (χ3n) is 4.60. The Morgan fingerprint density at radius 1 is 0.964 bits per heavy atom. The Balaban J connectivity index is 1.35. The average molecular weight is 385 g/mol. The Kier molecular flexibility index (Phi) is 6.84. The summed E-state index contributed by atoms with van der Waals surface area (Å²) in [5.74, 6) is 0.0890. The highest BCUT2D eigenvalue weighted by molar-refractivity contribution is 5.84. The van der Waals surface area contributed by atoms with Gasteiger partial charge in [-0.25, -0.2) is 4.39 Å². The minimum absolute atomic E-state index is 0.0378. The molecule has 0 saturated carbocycles. The van der Waals surface area contributed by atoms with Gasteiger partial charge in [-0.2, -0.15) is 0 Å². The Morgan fingerprint density at radius 3 is 2.36 bits per heavy atom. The predicted octanol–water partition coefficient (Wildman–Crippen LogP) is 2.06. The fourth-order valence-corrected chi connectivity index (χ4v) is 3.06. The summed E-state index contributed by atoms with van der Waals surface area (Å²) in [6.07, 6.45) is 0.184. The maximum absolute atomic E-state index is 13.9. The number of nitrogens with one attached hydrogen (secondary N) is 1. The Labute approximate surface area is 163 Å². The van der Waals surface area contributed by atoms with Crippen LogP contribution in [0.5, 0.6) is 5.75 Å². The number of ether oxygens (including phenoxy) is 1. The minimum atomic E-state index is -0.257. The third-order valence-corrected chi connectivity index (χ3v) is 4.60. The molecule has 0 radical (unpaired) electrons. The van der Waals surface area contributed by atoms with Crippen LogP contribution in [0.4, 0.5) is 10.1 Å². The van der Waals surface area contributed by atoms with Gasteiger partial charge in [0.15, 0.2) is 0 Å². The van der Waals surface area contributed by atoms with Crippen LogP contribution in [0, 0.1) is 5.82 Å². The zero-order valence-corrected chi connectivity index (χ0v) is 15.6. The van der Waals surface area contributed by atoms with Crippen molar-refractivity contribution in [1.82, 2.24) is 10.2 Å². The van der Waals surface area contributed by atoms with E-state index in [1.54, 1.807) is 23.1 Å². The van der Waals surface area contributed by atoms with Crippen molar-refractivity contribution in [3.63, 3.8) is 0 Å². The second kappa shape index (κ2) is 9.73. The van der Waals surface area contributed by atoms with Crippen molar-refractivity contribution in [3.8, 4) is 5.75 Å². The van der Waals surface area contributed by atoms with Crippen molar-refractivity contribution < 1.29 is 18.7 Å². The molecule has 1 saturated heterocycles. The minimum Gasteiger partial charge on any atom is -0.493 e. The fraction of sp³-hybridized carbons (Fsp3) is 0.333. The van der Waals surface area contributed by atoms with Crippen LogP contribution >= 0.6 is 0 Å². The van der Waals surface area contributed by atoms with E-state index in [-0.39, 0.29) is 37.2 Å². The first kappa shape index (κ1) is 19.7. The summed E-state index contributed by atoms with van der Waals surface area (Å²) in [5.41, 5.74) is 0.557. The van der Waals surface area contributed by atoms with Gasteiger partial charge in [0.05, 0.1) is 25.3 Å². The van der Waals surface area contributed by atoms with E-state index >= 15 is 0 Å². The van der Waals surface area contributed by atoms with Crippen LogP contribution in [0.2, 0.25) is 0 Å². The van der Waals surface area contributed by atoms with E-state index in [2.05, 4.69) is 5.32 Å². The first-order valence-electron chi connectivity index (χ1n) is 9.35. The molecule has 0 atom stereocenters. The number of hydrogen-bond acceptors (Lipinski definition) is 4. The molecule has 3 rings (SSSR count). The predicted molar refractivity (Wildman–Crippen MR) is 105 cm³/mol. The molecule has 2 aromatic carbocycles. The molecular weight excluding hydrogens is 361 g/mol. The largest absolute Gasteiger partial charge is 0.493 e. The maximum Gasteiger partial charge on any atom is 0.242 e. The molecule has 0 aliphatic carbocycles. The molecule has 2 aromatic rings. The second-order valence-electron chi connectivity index (χ2n) is 6.51. The lowest BCUT2D eigenvalue weighted by Gasteiger charge is -2.36. The van der Waals surface area contributed by atoms with Crippen molar-refractivity contribution in [2.24, 2.45) is 0 Å². The van der Waals surface area contributed by atoms with Crippen LogP contribution in [0.3, 0.4) is 0 Å². The first-order chi connectivity index (χ1) is 13.6. The number of hydrogen-bond donors (Lipinski definition) is 1. The Bertz CT molecular complexity index is 792. The van der Waals surface area contributed by atoms with Gasteiger partial charge in [0.2, 0.25) is 11.8 Å². The molecular formula is C21H24FN3O3. The topological polar surface area (TPSA) is 61.9 Å². The average Bonchev–Trinajstić information content (AvgIpc) is 2.73. The zero-order chi connectivity index (χ0) is 19.8. The van der Waals surface area contributed by atoms with Crippen molar-refractivity contribution in [2.75, 3.05) is 44.2 Å². The van der Waals surface area contributed by atoms with E-state index in [0.717, 1.165) is 0 Å². The molecule has 1 aliphatic heterocycles. The lowest BCUT2D eigenvalue weighted by atomic mass is 10.2. The van der Waals surface area contributed by atoms with Gasteiger partial charge in [-0.1, -0.05) is 30.3 Å². The molecule has 6 nitrogen and oxygen atoms in total. The molecule has 0 bridgehead atoms. The molecule has 0 aromatic heterocycles. The van der Waals surface area contributed by atoms with E-state index in [0.29, 0.717) is 37.6 Å². The first-order valence-corrected chi connectivity index (χ1v) is 9.35. The van der Waals surface area contributed by atoms with Crippen molar-refractivity contribution in [2.45, 2.75) is 6.42 Å². The highest BCUT2D eigenvalue weighted by Gasteiger charge is 2.22. The second-order valence-corrected chi connectivity index (χ2v) is 6.51. The molecule has 0 spiro atoms. The van der Waals surface area contributed by atoms with Crippen molar-refractivity contribution in [1.29, 1.82) is 0 Å². The number of carbonyl (C=O) groups excluding carboxylic acids is 2. The van der Waals surface area contributed by atoms with E-state index in [1.165, 1.54) is 6.07 Å². The monoisotopic (exact) mass is 385 g/mol. The summed E-state index contributed by atoms with van der Waals surface area (Å²) in [6.45, 7) is 2.34. The molecule has 7 heteroatoms. The van der Waals surface area contributed by atoms with Crippen LogP contribution in [-0.4, -0.2) is 56.0 Å². The van der Waals surface area contributed by atoms with Crippen LogP contribution in [0.15, 0.2) is 54.6 Å². The van der Waals surface area contributed by atoms with E-state index in [9.17, 15) is 14.0 Å². The van der Waals surface area contributed by atoms with Crippen molar-refractivity contribution >= 4 is 17.5 Å². The van der Waals surface area contributed by atoms with E-state index in [4.69, 9.17) is 4.74 Å². The zero-order valence-electron chi connectivity index (χ0n) is 15.6. The molecule has 1 heterocycles. The van der Waals surface area contributed by atoms with Gasteiger partial charge < -0.3 is 19.9 Å². The summed E-state index contributed by atoms with van der Waals surface area (Å²) >= 11 is 0.